The fourth-order valence-electron chi connectivity index (χ4n) is 2.77. The molecule has 0 fully saturated rings. The van der Waals surface area contributed by atoms with Crippen molar-refractivity contribution in [1.29, 1.82) is 0 Å². The zero-order chi connectivity index (χ0) is 22.8. The van der Waals surface area contributed by atoms with Gasteiger partial charge in [0.1, 0.15) is 12.1 Å². The number of hydrogen-bond acceptors (Lipinski definition) is 4. The first-order chi connectivity index (χ1) is 14.4. The lowest BCUT2D eigenvalue weighted by atomic mass is 10.1. The van der Waals surface area contributed by atoms with Crippen molar-refractivity contribution < 1.29 is 26.3 Å². The van der Waals surface area contributed by atoms with E-state index >= 15 is 0 Å². The highest BCUT2D eigenvalue weighted by Gasteiger charge is 2.33. The number of hydrogen-bond donors (Lipinski definition) is 2. The van der Waals surface area contributed by atoms with Crippen molar-refractivity contribution in [3.63, 3.8) is 0 Å². The van der Waals surface area contributed by atoms with E-state index in [1.807, 2.05) is 0 Å². The summed E-state index contributed by atoms with van der Waals surface area (Å²) in [7, 11) is 0. The SMILES string of the molecule is NC(CNc1cc(-c2ccc(C(F)(F)F)c(Cl)c2)ncn1)c1ccc(C(F)(F)F)cc1. The van der Waals surface area contributed by atoms with Gasteiger partial charge in [0.25, 0.3) is 0 Å². The number of nitrogens with two attached hydrogens (primary N) is 1. The zero-order valence-corrected chi connectivity index (χ0v) is 16.4. The van der Waals surface area contributed by atoms with Gasteiger partial charge in [-0.2, -0.15) is 26.3 Å². The molecule has 1 unspecified atom stereocenters. The molecule has 0 aliphatic heterocycles. The van der Waals surface area contributed by atoms with E-state index in [1.165, 1.54) is 30.6 Å². The summed E-state index contributed by atoms with van der Waals surface area (Å²) in [6.45, 7) is 0.148. The van der Waals surface area contributed by atoms with Crippen LogP contribution in [0.2, 0.25) is 5.02 Å². The highest BCUT2D eigenvalue weighted by atomic mass is 35.5. The van der Waals surface area contributed by atoms with Crippen LogP contribution in [0.25, 0.3) is 11.3 Å². The standard InChI is InChI=1S/C20H15ClF6N4/c21-15-7-12(3-6-14(15)20(25,26)27)17-8-18(31-10-30-17)29-9-16(28)11-1-4-13(5-2-11)19(22,23)24/h1-8,10,16H,9,28H2,(H,29,30,31). The number of benzene rings is 2. The summed E-state index contributed by atoms with van der Waals surface area (Å²) in [5.74, 6) is 0.336. The van der Waals surface area contributed by atoms with E-state index in [4.69, 9.17) is 17.3 Å². The van der Waals surface area contributed by atoms with Crippen molar-refractivity contribution in [3.8, 4) is 11.3 Å². The summed E-state index contributed by atoms with van der Waals surface area (Å²) in [6.07, 6.45) is -7.78. The Morgan fingerprint density at radius 3 is 2.16 bits per heavy atom. The number of halogens is 7. The maximum absolute atomic E-state index is 12.9. The molecule has 0 aliphatic carbocycles. The largest absolute Gasteiger partial charge is 0.417 e. The van der Waals surface area contributed by atoms with Gasteiger partial charge < -0.3 is 11.1 Å². The van der Waals surface area contributed by atoms with E-state index in [2.05, 4.69) is 15.3 Å². The van der Waals surface area contributed by atoms with Crippen LogP contribution in [-0.4, -0.2) is 16.5 Å². The summed E-state index contributed by atoms with van der Waals surface area (Å²) < 4.78 is 76.5. The second kappa shape index (κ2) is 8.72. The predicted octanol–water partition coefficient (Wildman–Crippen LogP) is 5.95. The summed E-state index contributed by atoms with van der Waals surface area (Å²) in [5.41, 5.74) is 5.47. The van der Waals surface area contributed by atoms with Crippen LogP contribution in [0, 0.1) is 0 Å². The van der Waals surface area contributed by atoms with Crippen LogP contribution in [0.15, 0.2) is 54.9 Å². The predicted molar refractivity (Wildman–Crippen MR) is 104 cm³/mol. The van der Waals surface area contributed by atoms with Crippen molar-refractivity contribution in [2.75, 3.05) is 11.9 Å². The van der Waals surface area contributed by atoms with Crippen LogP contribution in [0.1, 0.15) is 22.7 Å². The lowest BCUT2D eigenvalue weighted by Crippen LogP contribution is -2.21. The van der Waals surface area contributed by atoms with Crippen molar-refractivity contribution in [2.45, 2.75) is 18.4 Å². The number of anilines is 1. The molecule has 0 aliphatic rings. The lowest BCUT2D eigenvalue weighted by Gasteiger charge is -2.15. The Morgan fingerprint density at radius 2 is 1.58 bits per heavy atom. The van der Waals surface area contributed by atoms with E-state index in [9.17, 15) is 26.3 Å². The Bertz CT molecular complexity index is 1050. The monoisotopic (exact) mass is 460 g/mol. The van der Waals surface area contributed by atoms with Gasteiger partial charge in [-0.1, -0.05) is 29.8 Å². The third-order valence-corrected chi connectivity index (χ3v) is 4.72. The molecule has 31 heavy (non-hydrogen) atoms. The van der Waals surface area contributed by atoms with Crippen LogP contribution in [-0.2, 0) is 12.4 Å². The Morgan fingerprint density at radius 1 is 0.903 bits per heavy atom. The first-order valence-electron chi connectivity index (χ1n) is 8.81. The van der Waals surface area contributed by atoms with Crippen molar-refractivity contribution in [1.82, 2.24) is 9.97 Å². The normalized spacial score (nSPS) is 13.2. The van der Waals surface area contributed by atoms with Gasteiger partial charge in [0.15, 0.2) is 0 Å². The average molecular weight is 461 g/mol. The minimum Gasteiger partial charge on any atom is -0.368 e. The maximum Gasteiger partial charge on any atom is 0.417 e. The Kier molecular flexibility index (Phi) is 6.42. The number of nitrogens with zero attached hydrogens (tertiary/aromatic N) is 2. The molecule has 3 rings (SSSR count). The minimum absolute atomic E-state index is 0.148. The molecule has 164 valence electrons. The van der Waals surface area contributed by atoms with Gasteiger partial charge in [-0.05, 0) is 29.8 Å². The second-order valence-electron chi connectivity index (χ2n) is 6.59. The fraction of sp³-hybridized carbons (Fsp3) is 0.200. The highest BCUT2D eigenvalue weighted by molar-refractivity contribution is 6.31. The first-order valence-corrected chi connectivity index (χ1v) is 9.19. The Labute approximate surface area is 178 Å². The molecule has 0 spiro atoms. The van der Waals surface area contributed by atoms with Gasteiger partial charge in [0.05, 0.1) is 21.8 Å². The molecular formula is C20H15ClF6N4. The molecule has 0 bridgehead atoms. The third-order valence-electron chi connectivity index (χ3n) is 4.41. The lowest BCUT2D eigenvalue weighted by molar-refractivity contribution is -0.138. The van der Waals surface area contributed by atoms with Crippen LogP contribution in [0.5, 0.6) is 0 Å². The number of rotatable bonds is 5. The van der Waals surface area contributed by atoms with E-state index in [0.717, 1.165) is 24.3 Å². The van der Waals surface area contributed by atoms with E-state index < -0.39 is 34.5 Å². The van der Waals surface area contributed by atoms with Gasteiger partial charge in [-0.25, -0.2) is 9.97 Å². The van der Waals surface area contributed by atoms with Gasteiger partial charge in [0, 0.05) is 24.2 Å². The highest BCUT2D eigenvalue weighted by Crippen LogP contribution is 2.36. The van der Waals surface area contributed by atoms with Gasteiger partial charge in [0.2, 0.25) is 0 Å². The quantitative estimate of drug-likeness (QED) is 0.462. The molecule has 3 N–H and O–H groups in total. The molecule has 4 nitrogen and oxygen atoms in total. The van der Waals surface area contributed by atoms with Gasteiger partial charge in [-0.15, -0.1) is 0 Å². The molecule has 11 heteroatoms. The second-order valence-corrected chi connectivity index (χ2v) is 7.00. The summed E-state index contributed by atoms with van der Waals surface area (Å²) >= 11 is 5.75. The molecular weight excluding hydrogens is 446 g/mol. The van der Waals surface area contributed by atoms with Gasteiger partial charge >= 0.3 is 12.4 Å². The zero-order valence-electron chi connectivity index (χ0n) is 15.6. The molecule has 0 saturated carbocycles. The van der Waals surface area contributed by atoms with E-state index in [1.54, 1.807) is 0 Å². The Hall–Kier alpha value is -2.85. The topological polar surface area (TPSA) is 63.8 Å². The average Bonchev–Trinajstić information content (AvgIpc) is 2.70. The minimum atomic E-state index is -4.57. The van der Waals surface area contributed by atoms with Crippen LogP contribution < -0.4 is 11.1 Å². The molecule has 0 radical (unpaired) electrons. The smallest absolute Gasteiger partial charge is 0.368 e. The van der Waals surface area contributed by atoms with Crippen molar-refractivity contribution in [2.24, 2.45) is 5.73 Å². The molecule has 2 aromatic carbocycles. The van der Waals surface area contributed by atoms with Gasteiger partial charge in [-0.3, -0.25) is 0 Å². The summed E-state index contributed by atoms with van der Waals surface area (Å²) in [4.78, 5) is 8.05. The molecule has 1 atom stereocenters. The van der Waals surface area contributed by atoms with Crippen molar-refractivity contribution >= 4 is 17.4 Å². The van der Waals surface area contributed by atoms with Crippen LogP contribution in [0.3, 0.4) is 0 Å². The summed E-state index contributed by atoms with van der Waals surface area (Å²) in [5, 5.41) is 2.48. The molecule has 1 heterocycles. The van der Waals surface area contributed by atoms with Crippen molar-refractivity contribution in [3.05, 3.63) is 76.6 Å². The van der Waals surface area contributed by atoms with E-state index in [-0.39, 0.29) is 6.54 Å². The maximum atomic E-state index is 12.9. The fourth-order valence-corrected chi connectivity index (χ4v) is 3.06. The third kappa shape index (κ3) is 5.65. The molecule has 0 saturated heterocycles. The summed E-state index contributed by atoms with van der Waals surface area (Å²) in [6, 6.07) is 8.64. The molecule has 3 aromatic rings. The van der Waals surface area contributed by atoms with Crippen LogP contribution >= 0.6 is 11.6 Å². The number of nitrogens with one attached hydrogen (secondary N) is 1. The number of alkyl halides is 6. The first kappa shape index (κ1) is 22.8. The van der Waals surface area contributed by atoms with Crippen LogP contribution in [0.4, 0.5) is 32.2 Å². The number of aromatic nitrogens is 2. The Balaban J connectivity index is 1.70. The molecule has 1 aromatic heterocycles. The van der Waals surface area contributed by atoms with E-state index in [0.29, 0.717) is 22.6 Å². The molecule has 0 amide bonds.